The van der Waals surface area contributed by atoms with Crippen LogP contribution in [0.15, 0.2) is 72.8 Å². The molecule has 0 aromatic heterocycles. The Morgan fingerprint density at radius 3 is 1.98 bits per heavy atom. The van der Waals surface area contributed by atoms with Crippen LogP contribution in [0.2, 0.25) is 0 Å². The Morgan fingerprint density at radius 2 is 1.38 bits per heavy atom. The van der Waals surface area contributed by atoms with Crippen molar-refractivity contribution in [1.29, 1.82) is 0 Å². The van der Waals surface area contributed by atoms with Crippen LogP contribution in [0.3, 0.4) is 0 Å². The number of fused-ring (bicyclic) bond motifs is 1. The maximum absolute atomic E-state index is 14.2. The molecule has 0 saturated carbocycles. The van der Waals surface area contributed by atoms with Gasteiger partial charge in [-0.05, 0) is 89.0 Å². The molecule has 0 amide bonds. The average molecular weight is 578 g/mol. The molecule has 0 unspecified atom stereocenters. The molecule has 0 heterocycles. The second kappa shape index (κ2) is 13.7. The molecule has 222 valence electrons. The summed E-state index contributed by atoms with van der Waals surface area (Å²) in [5.41, 5.74) is 10.4. The van der Waals surface area contributed by atoms with E-state index in [0.29, 0.717) is 29.2 Å². The van der Waals surface area contributed by atoms with Crippen molar-refractivity contribution in [2.24, 2.45) is 0 Å². The molecule has 1 aliphatic carbocycles. The van der Waals surface area contributed by atoms with Crippen molar-refractivity contribution in [3.8, 4) is 39.5 Å². The summed E-state index contributed by atoms with van der Waals surface area (Å²) in [6, 6.07) is 20.6. The van der Waals surface area contributed by atoms with E-state index in [1.54, 1.807) is 26.4 Å². The molecule has 0 aliphatic heterocycles. The van der Waals surface area contributed by atoms with Gasteiger partial charge in [-0.2, -0.15) is 13.2 Å². The topological polar surface area (TPSA) is 53.7 Å². The Labute approximate surface area is 246 Å². The molecule has 4 nitrogen and oxygen atoms in total. The van der Waals surface area contributed by atoms with Gasteiger partial charge in [-0.15, -0.1) is 0 Å². The predicted octanol–water partition coefficient (Wildman–Crippen LogP) is 9.51. The minimum absolute atomic E-state index is 0.00799. The number of rotatable bonds is 8. The molecule has 1 aliphatic rings. The third kappa shape index (κ3) is 7.01. The van der Waals surface area contributed by atoms with E-state index in [-0.39, 0.29) is 17.9 Å². The quantitative estimate of drug-likeness (QED) is 0.212. The molecule has 0 bridgehead atoms. The zero-order valence-corrected chi connectivity index (χ0v) is 24.6. The number of nitrogen functional groups attached to an aromatic ring is 1. The fourth-order valence-electron chi connectivity index (χ4n) is 5.10. The van der Waals surface area contributed by atoms with Crippen LogP contribution in [0.5, 0.6) is 17.2 Å². The first-order chi connectivity index (χ1) is 20.2. The molecule has 7 heteroatoms. The smallest absolute Gasteiger partial charge is 0.417 e. The second-order valence-corrected chi connectivity index (χ2v) is 10.3. The van der Waals surface area contributed by atoms with Gasteiger partial charge < -0.3 is 19.9 Å². The Morgan fingerprint density at radius 1 is 0.738 bits per heavy atom. The molecule has 0 radical (unpaired) electrons. The summed E-state index contributed by atoms with van der Waals surface area (Å²) in [7, 11) is 3.13. The van der Waals surface area contributed by atoms with Gasteiger partial charge in [0.25, 0.3) is 0 Å². The van der Waals surface area contributed by atoms with Gasteiger partial charge in [-0.3, -0.25) is 0 Å². The summed E-state index contributed by atoms with van der Waals surface area (Å²) >= 11 is 0. The van der Waals surface area contributed by atoms with Gasteiger partial charge in [0.05, 0.1) is 19.8 Å². The lowest BCUT2D eigenvalue weighted by molar-refractivity contribution is -0.137. The van der Waals surface area contributed by atoms with Crippen molar-refractivity contribution < 1.29 is 27.4 Å². The van der Waals surface area contributed by atoms with Crippen LogP contribution in [0.1, 0.15) is 55.4 Å². The molecular weight excluding hydrogens is 539 g/mol. The number of methoxy groups -OCH3 is 2. The first kappa shape index (κ1) is 30.8. The fourth-order valence-corrected chi connectivity index (χ4v) is 5.10. The van der Waals surface area contributed by atoms with Crippen molar-refractivity contribution >= 4 is 5.69 Å². The van der Waals surface area contributed by atoms with Gasteiger partial charge in [0, 0.05) is 17.3 Å². The fraction of sp³-hybridized carbons (Fsp3) is 0.314. The van der Waals surface area contributed by atoms with E-state index >= 15 is 0 Å². The highest BCUT2D eigenvalue weighted by atomic mass is 19.4. The summed E-state index contributed by atoms with van der Waals surface area (Å²) < 4.78 is 60.0. The molecule has 42 heavy (non-hydrogen) atoms. The zero-order chi connectivity index (χ0) is 30.3. The number of unbranched alkanes of at least 4 members (excludes halogenated alkanes) is 1. The normalized spacial score (nSPS) is 12.3. The highest BCUT2D eigenvalue weighted by Crippen LogP contribution is 2.49. The maximum atomic E-state index is 14.2. The number of hydrogen-bond donors (Lipinski definition) is 1. The summed E-state index contributed by atoms with van der Waals surface area (Å²) in [6.07, 6.45) is 0.427. The molecule has 0 fully saturated rings. The third-order valence-corrected chi connectivity index (χ3v) is 7.38. The largest absolute Gasteiger partial charge is 0.497 e. The Balaban J connectivity index is 0.000000952. The van der Waals surface area contributed by atoms with E-state index in [2.05, 4.69) is 13.8 Å². The second-order valence-electron chi connectivity index (χ2n) is 10.3. The van der Waals surface area contributed by atoms with Gasteiger partial charge in [-0.1, -0.05) is 57.0 Å². The van der Waals surface area contributed by atoms with Crippen LogP contribution >= 0.6 is 0 Å². The van der Waals surface area contributed by atoms with Gasteiger partial charge in [0.15, 0.2) is 0 Å². The van der Waals surface area contributed by atoms with E-state index in [9.17, 15) is 13.2 Å². The number of alkyl halides is 3. The van der Waals surface area contributed by atoms with Crippen molar-refractivity contribution in [3.05, 3.63) is 95.1 Å². The Hall–Kier alpha value is -4.13. The standard InChI is InChI=1S/C31H28F3NO3.C4H10/c1-36-22-13-20(14-23(16-22)37-2)26-17-28(27-15-21(35)11-12-29(27)31(32,33)34)30(25-10-6-9-24(25)26)38-18-19-7-4-3-5-8-19;1-3-4-2/h3-5,7-8,11-17H,6,9-10,18,35H2,1-2H3;3-4H2,1-2H3. The summed E-state index contributed by atoms with van der Waals surface area (Å²) in [4.78, 5) is 0. The van der Waals surface area contributed by atoms with Crippen LogP contribution in [0.4, 0.5) is 18.9 Å². The van der Waals surface area contributed by atoms with Crippen molar-refractivity contribution in [3.63, 3.8) is 0 Å². The van der Waals surface area contributed by atoms with Crippen molar-refractivity contribution in [2.45, 2.75) is 58.7 Å². The SMILES string of the molecule is CCCC.COc1cc(OC)cc(-c2cc(-c3cc(N)ccc3C(F)(F)F)c(OCc3ccccc3)c3c2CCC3)c1. The number of hydrogen-bond acceptors (Lipinski definition) is 4. The summed E-state index contributed by atoms with van der Waals surface area (Å²) in [6.45, 7) is 4.59. The van der Waals surface area contributed by atoms with Crippen LogP contribution in [0.25, 0.3) is 22.3 Å². The van der Waals surface area contributed by atoms with E-state index in [0.717, 1.165) is 46.7 Å². The first-order valence-corrected chi connectivity index (χ1v) is 14.3. The van der Waals surface area contributed by atoms with Gasteiger partial charge in [0.2, 0.25) is 0 Å². The molecule has 4 aromatic rings. The van der Waals surface area contributed by atoms with E-state index < -0.39 is 11.7 Å². The minimum atomic E-state index is -4.57. The number of benzene rings is 4. The number of nitrogens with two attached hydrogens (primary N) is 1. The molecule has 0 spiro atoms. The monoisotopic (exact) mass is 577 g/mol. The zero-order valence-electron chi connectivity index (χ0n) is 24.6. The lowest BCUT2D eigenvalue weighted by Crippen LogP contribution is -2.09. The van der Waals surface area contributed by atoms with E-state index in [4.69, 9.17) is 19.9 Å². The predicted molar refractivity (Wildman–Crippen MR) is 163 cm³/mol. The molecule has 0 atom stereocenters. The molecular formula is C35H38F3NO3. The van der Waals surface area contributed by atoms with Crippen molar-refractivity contribution in [1.82, 2.24) is 0 Å². The van der Waals surface area contributed by atoms with Crippen LogP contribution in [-0.4, -0.2) is 14.2 Å². The number of ether oxygens (including phenoxy) is 3. The Kier molecular flexibility index (Phi) is 10.0. The lowest BCUT2D eigenvalue weighted by Gasteiger charge is -2.22. The first-order valence-electron chi connectivity index (χ1n) is 14.3. The lowest BCUT2D eigenvalue weighted by atomic mass is 9.88. The highest BCUT2D eigenvalue weighted by molar-refractivity contribution is 5.86. The van der Waals surface area contributed by atoms with Gasteiger partial charge in [0.1, 0.15) is 23.9 Å². The summed E-state index contributed by atoms with van der Waals surface area (Å²) in [5, 5.41) is 0. The van der Waals surface area contributed by atoms with Gasteiger partial charge >= 0.3 is 6.18 Å². The number of halogens is 3. The summed E-state index contributed by atoms with van der Waals surface area (Å²) in [5.74, 6) is 1.66. The van der Waals surface area contributed by atoms with Crippen molar-refractivity contribution in [2.75, 3.05) is 20.0 Å². The van der Waals surface area contributed by atoms with Crippen LogP contribution in [0, 0.1) is 0 Å². The van der Waals surface area contributed by atoms with Crippen LogP contribution in [-0.2, 0) is 25.6 Å². The minimum Gasteiger partial charge on any atom is -0.497 e. The number of anilines is 1. The molecule has 0 saturated heterocycles. The molecule has 4 aromatic carbocycles. The molecule has 5 rings (SSSR count). The van der Waals surface area contributed by atoms with Gasteiger partial charge in [-0.25, -0.2) is 0 Å². The third-order valence-electron chi connectivity index (χ3n) is 7.38. The maximum Gasteiger partial charge on any atom is 0.417 e. The Bertz CT molecular complexity index is 1480. The van der Waals surface area contributed by atoms with E-state index in [1.807, 2.05) is 42.5 Å². The van der Waals surface area contributed by atoms with Crippen LogP contribution < -0.4 is 19.9 Å². The average Bonchev–Trinajstić information content (AvgIpc) is 3.49. The molecule has 2 N–H and O–H groups in total. The van der Waals surface area contributed by atoms with E-state index in [1.165, 1.54) is 25.0 Å². The highest BCUT2D eigenvalue weighted by Gasteiger charge is 2.35.